The van der Waals surface area contributed by atoms with Crippen molar-refractivity contribution in [2.24, 2.45) is 0 Å². The Morgan fingerprint density at radius 1 is 0.641 bits per heavy atom. The Morgan fingerprint density at radius 2 is 1.36 bits per heavy atom. The molecule has 0 aliphatic carbocycles. The molecule has 0 unspecified atom stereocenters. The first-order valence-corrected chi connectivity index (χ1v) is 12.4. The van der Waals surface area contributed by atoms with Crippen LogP contribution in [0.1, 0.15) is 52.4 Å². The summed E-state index contributed by atoms with van der Waals surface area (Å²) in [7, 11) is 0. The second-order valence-electron chi connectivity index (χ2n) is 9.90. The summed E-state index contributed by atoms with van der Waals surface area (Å²) in [6, 6.07) is 16.6. The molecule has 7 N–H and O–H groups in total. The van der Waals surface area contributed by atoms with Gasteiger partial charge in [-0.05, 0) is 47.9 Å². The van der Waals surface area contributed by atoms with Gasteiger partial charge in [0.2, 0.25) is 0 Å². The van der Waals surface area contributed by atoms with E-state index in [1.165, 1.54) is 36.4 Å². The highest BCUT2D eigenvalue weighted by Crippen LogP contribution is 2.55. The molecule has 0 radical (unpaired) electrons. The van der Waals surface area contributed by atoms with Crippen LogP contribution < -0.4 is 9.47 Å². The number of rotatable bonds is 3. The first-order chi connectivity index (χ1) is 18.7. The van der Waals surface area contributed by atoms with E-state index >= 15 is 0 Å². The SMILES string of the molecule is Oc1ccc([C@@H]2C[C@H](c3c(O)cc(O)c4c3O[C@H](c3ccc(O)c(O)c3)[C@H](O)C4)c3ccc(O)cc3O2)cc1. The number of aliphatic hydroxyl groups excluding tert-OH is 1. The molecule has 0 fully saturated rings. The highest BCUT2D eigenvalue weighted by atomic mass is 16.5. The molecule has 9 nitrogen and oxygen atoms in total. The molecule has 0 saturated heterocycles. The average Bonchev–Trinajstić information content (AvgIpc) is 2.90. The second-order valence-corrected chi connectivity index (χ2v) is 9.90. The molecular weight excluding hydrogens is 504 g/mol. The Balaban J connectivity index is 1.49. The van der Waals surface area contributed by atoms with Gasteiger partial charge in [-0.25, -0.2) is 0 Å². The summed E-state index contributed by atoms with van der Waals surface area (Å²) in [5.41, 5.74) is 2.55. The molecule has 4 aromatic rings. The molecule has 0 amide bonds. The van der Waals surface area contributed by atoms with E-state index in [-0.39, 0.29) is 46.7 Å². The zero-order chi connectivity index (χ0) is 27.4. The third-order valence-corrected chi connectivity index (χ3v) is 7.42. The zero-order valence-electron chi connectivity index (χ0n) is 20.5. The van der Waals surface area contributed by atoms with Gasteiger partial charge in [0.15, 0.2) is 11.5 Å². The van der Waals surface area contributed by atoms with E-state index in [0.717, 1.165) is 5.56 Å². The molecule has 6 rings (SSSR count). The smallest absolute Gasteiger partial charge is 0.157 e. The summed E-state index contributed by atoms with van der Waals surface area (Å²) in [5, 5.41) is 72.5. The number of benzene rings is 4. The van der Waals surface area contributed by atoms with Crippen molar-refractivity contribution in [1.29, 1.82) is 0 Å². The van der Waals surface area contributed by atoms with Crippen molar-refractivity contribution in [2.45, 2.75) is 37.1 Å². The summed E-state index contributed by atoms with van der Waals surface area (Å²) in [6.07, 6.45) is -2.20. The molecule has 0 aromatic heterocycles. The average molecular weight is 531 g/mol. The number of fused-ring (bicyclic) bond motifs is 2. The van der Waals surface area contributed by atoms with Crippen LogP contribution in [0.3, 0.4) is 0 Å². The van der Waals surface area contributed by atoms with Gasteiger partial charge in [-0.15, -0.1) is 0 Å². The predicted molar refractivity (Wildman–Crippen MR) is 139 cm³/mol. The van der Waals surface area contributed by atoms with Crippen LogP contribution >= 0.6 is 0 Å². The minimum absolute atomic E-state index is 0.00221. The van der Waals surface area contributed by atoms with Crippen molar-refractivity contribution in [2.75, 3.05) is 0 Å². The number of hydrogen-bond acceptors (Lipinski definition) is 9. The maximum absolute atomic E-state index is 11.2. The Hall–Kier alpha value is -4.76. The number of aliphatic hydroxyl groups is 1. The first-order valence-electron chi connectivity index (χ1n) is 12.4. The minimum Gasteiger partial charge on any atom is -0.508 e. The lowest BCUT2D eigenvalue weighted by molar-refractivity contribution is 0.0184. The molecule has 4 aromatic carbocycles. The van der Waals surface area contributed by atoms with E-state index in [9.17, 15) is 35.7 Å². The van der Waals surface area contributed by atoms with Gasteiger partial charge in [-0.2, -0.15) is 0 Å². The topological polar surface area (TPSA) is 160 Å². The Kier molecular flexibility index (Phi) is 5.80. The molecule has 0 bridgehead atoms. The maximum atomic E-state index is 11.2. The van der Waals surface area contributed by atoms with Crippen molar-refractivity contribution >= 4 is 0 Å². The number of aromatic hydroxyl groups is 6. The third-order valence-electron chi connectivity index (χ3n) is 7.42. The van der Waals surface area contributed by atoms with E-state index in [2.05, 4.69) is 0 Å². The fourth-order valence-corrected chi connectivity index (χ4v) is 5.51. The van der Waals surface area contributed by atoms with Gasteiger partial charge in [0.25, 0.3) is 0 Å². The molecule has 2 heterocycles. The van der Waals surface area contributed by atoms with Crippen LogP contribution in [0.25, 0.3) is 0 Å². The summed E-state index contributed by atoms with van der Waals surface area (Å²) in [5.74, 6) is -0.935. The number of ether oxygens (including phenoxy) is 2. The van der Waals surface area contributed by atoms with Gasteiger partial charge in [-0.1, -0.05) is 24.3 Å². The van der Waals surface area contributed by atoms with E-state index in [4.69, 9.17) is 9.47 Å². The largest absolute Gasteiger partial charge is 0.508 e. The molecule has 2 aliphatic rings. The van der Waals surface area contributed by atoms with Crippen molar-refractivity contribution in [3.63, 3.8) is 0 Å². The summed E-state index contributed by atoms with van der Waals surface area (Å²) >= 11 is 0. The van der Waals surface area contributed by atoms with E-state index in [1.54, 1.807) is 30.3 Å². The Bertz CT molecular complexity index is 1560. The van der Waals surface area contributed by atoms with Crippen LogP contribution in [0.5, 0.6) is 46.0 Å². The highest BCUT2D eigenvalue weighted by molar-refractivity contribution is 5.63. The molecular formula is C30H26O9. The van der Waals surface area contributed by atoms with E-state index < -0.39 is 24.2 Å². The van der Waals surface area contributed by atoms with Crippen molar-refractivity contribution in [3.8, 4) is 46.0 Å². The van der Waals surface area contributed by atoms with Gasteiger partial charge in [-0.3, -0.25) is 0 Å². The van der Waals surface area contributed by atoms with Crippen molar-refractivity contribution in [3.05, 3.63) is 94.5 Å². The number of phenols is 6. The number of phenolic OH excluding ortho intramolecular Hbond substituents is 6. The van der Waals surface area contributed by atoms with Crippen LogP contribution in [0.4, 0.5) is 0 Å². The summed E-state index contributed by atoms with van der Waals surface area (Å²) in [4.78, 5) is 0. The predicted octanol–water partition coefficient (Wildman–Crippen LogP) is 4.61. The molecule has 2 aliphatic heterocycles. The third kappa shape index (κ3) is 4.26. The lowest BCUT2D eigenvalue weighted by atomic mass is 9.79. The van der Waals surface area contributed by atoms with E-state index in [0.29, 0.717) is 34.4 Å². The van der Waals surface area contributed by atoms with Crippen LogP contribution in [-0.2, 0) is 6.42 Å². The Labute approximate surface area is 223 Å². The van der Waals surface area contributed by atoms with Crippen LogP contribution in [0.15, 0.2) is 66.7 Å². The highest BCUT2D eigenvalue weighted by Gasteiger charge is 2.40. The fourth-order valence-electron chi connectivity index (χ4n) is 5.51. The van der Waals surface area contributed by atoms with Crippen molar-refractivity contribution in [1.82, 2.24) is 0 Å². The van der Waals surface area contributed by atoms with Gasteiger partial charge >= 0.3 is 0 Å². The van der Waals surface area contributed by atoms with Crippen molar-refractivity contribution < 1.29 is 45.2 Å². The molecule has 4 atom stereocenters. The van der Waals surface area contributed by atoms with Gasteiger partial charge in [0.05, 0.1) is 6.10 Å². The first kappa shape index (κ1) is 24.6. The summed E-state index contributed by atoms with van der Waals surface area (Å²) < 4.78 is 12.5. The lowest BCUT2D eigenvalue weighted by Crippen LogP contribution is -2.31. The monoisotopic (exact) mass is 530 g/mol. The zero-order valence-corrected chi connectivity index (χ0v) is 20.5. The summed E-state index contributed by atoms with van der Waals surface area (Å²) in [6.45, 7) is 0. The Morgan fingerprint density at radius 3 is 2.10 bits per heavy atom. The lowest BCUT2D eigenvalue weighted by Gasteiger charge is -2.37. The fraction of sp³-hybridized carbons (Fsp3) is 0.200. The number of hydrogen-bond donors (Lipinski definition) is 7. The maximum Gasteiger partial charge on any atom is 0.157 e. The van der Waals surface area contributed by atoms with Gasteiger partial charge in [0.1, 0.15) is 46.7 Å². The van der Waals surface area contributed by atoms with Gasteiger partial charge in [0, 0.05) is 41.2 Å². The van der Waals surface area contributed by atoms with Gasteiger partial charge < -0.3 is 45.2 Å². The molecule has 0 spiro atoms. The minimum atomic E-state index is -1.09. The van der Waals surface area contributed by atoms with Crippen LogP contribution in [0, 0.1) is 0 Å². The standard InChI is InChI=1S/C30H26O9/c31-16-4-1-14(2-5-16)26-12-19(18-7-6-17(32)10-27(18)38-26)28-24(36)13-22(34)20-11-25(37)29(39-30(20)28)15-3-8-21(33)23(35)9-15/h1-10,13,19,25-26,29,31-37H,11-12H2/t19-,25+,26-,29+/m0/s1. The molecule has 200 valence electrons. The van der Waals surface area contributed by atoms with E-state index in [1.807, 2.05) is 0 Å². The molecule has 9 heteroatoms. The quantitative estimate of drug-likeness (QED) is 0.188. The van der Waals surface area contributed by atoms with Crippen LogP contribution in [0.2, 0.25) is 0 Å². The molecule has 39 heavy (non-hydrogen) atoms. The second kappa shape index (κ2) is 9.21. The van der Waals surface area contributed by atoms with Crippen LogP contribution in [-0.4, -0.2) is 41.8 Å². The normalized spacial score (nSPS) is 21.8. The molecule has 0 saturated carbocycles.